The predicted octanol–water partition coefficient (Wildman–Crippen LogP) is 16.4. The van der Waals surface area contributed by atoms with E-state index in [0.717, 1.165) is 64.5 Å². The van der Waals surface area contributed by atoms with Gasteiger partial charge in [-0.2, -0.15) is 8.42 Å². The molecule has 9 nitrogen and oxygen atoms in total. The Morgan fingerprint density at radius 1 is 0.284 bits per heavy atom. The van der Waals surface area contributed by atoms with Crippen LogP contribution < -0.4 is 32.6 Å². The van der Waals surface area contributed by atoms with Gasteiger partial charge in [0.05, 0.1) is 5.75 Å². The Morgan fingerprint density at radius 3 is 0.811 bits per heavy atom. The van der Waals surface area contributed by atoms with Crippen LogP contribution in [0.25, 0.3) is 0 Å². The van der Waals surface area contributed by atoms with Gasteiger partial charge in [0.25, 0.3) is 0 Å². The van der Waals surface area contributed by atoms with Crippen molar-refractivity contribution in [2.45, 2.75) is 136 Å². The first-order valence-corrected chi connectivity index (χ1v) is 28.2. The molecular formula is C64H74O9S. The maximum Gasteiger partial charge on any atom is 0.309 e. The normalized spacial score (nSPS) is 11.2. The molecule has 7 rings (SSSR count). The molecule has 0 aliphatic carbocycles. The first-order valence-electron chi connectivity index (χ1n) is 26.6. The van der Waals surface area contributed by atoms with Gasteiger partial charge in [-0.25, -0.2) is 0 Å². The van der Waals surface area contributed by atoms with Crippen LogP contribution in [-0.2, 0) is 49.8 Å². The molecule has 0 amide bonds. The van der Waals surface area contributed by atoms with Crippen LogP contribution in [0, 0.1) is 0 Å². The van der Waals surface area contributed by atoms with Crippen molar-refractivity contribution in [2.75, 3.05) is 5.75 Å². The fraction of sp³-hybridized carbons (Fsp3) is 0.344. The van der Waals surface area contributed by atoms with Crippen LogP contribution in [0.5, 0.6) is 40.2 Å². The van der Waals surface area contributed by atoms with Crippen molar-refractivity contribution in [3.05, 3.63) is 209 Å². The highest BCUT2D eigenvalue weighted by molar-refractivity contribution is 7.87. The summed E-state index contributed by atoms with van der Waals surface area (Å²) in [5.74, 6) is 4.41. The van der Waals surface area contributed by atoms with Gasteiger partial charge in [0, 0.05) is 0 Å². The average Bonchev–Trinajstić information content (AvgIpc) is 3.43. The molecule has 390 valence electrons. The van der Waals surface area contributed by atoms with Crippen LogP contribution in [0.15, 0.2) is 176 Å². The molecule has 0 unspecified atom stereocenters. The minimum atomic E-state index is -3.90. The summed E-state index contributed by atoms with van der Waals surface area (Å²) in [4.78, 5) is 0. The molecule has 7 aromatic carbocycles. The van der Waals surface area contributed by atoms with E-state index >= 15 is 0 Å². The Hall–Kier alpha value is -6.91. The first kappa shape index (κ1) is 54.9. The van der Waals surface area contributed by atoms with Crippen LogP contribution >= 0.6 is 0 Å². The summed E-state index contributed by atoms with van der Waals surface area (Å²) in [5, 5.41) is 0. The third kappa shape index (κ3) is 20.9. The number of rotatable bonds is 35. The lowest BCUT2D eigenvalue weighted by Crippen LogP contribution is -2.14. The fourth-order valence-corrected chi connectivity index (χ4v) is 9.66. The molecule has 0 aromatic heterocycles. The van der Waals surface area contributed by atoms with Gasteiger partial charge in [-0.15, -0.1) is 0 Å². The van der Waals surface area contributed by atoms with Crippen molar-refractivity contribution >= 4 is 10.1 Å². The Balaban J connectivity index is 1.04. The van der Waals surface area contributed by atoms with E-state index in [1.54, 1.807) is 12.1 Å². The van der Waals surface area contributed by atoms with Crippen LogP contribution in [0.4, 0.5) is 0 Å². The van der Waals surface area contributed by atoms with E-state index in [9.17, 15) is 8.42 Å². The summed E-state index contributed by atoms with van der Waals surface area (Å²) in [6, 6.07) is 56.0. The Morgan fingerprint density at radius 2 is 0.527 bits per heavy atom. The average molecular weight is 1020 g/mol. The van der Waals surface area contributed by atoms with Gasteiger partial charge in [0.15, 0.2) is 0 Å². The lowest BCUT2D eigenvalue weighted by atomic mass is 10.0. The second-order valence-corrected chi connectivity index (χ2v) is 20.6. The second-order valence-electron chi connectivity index (χ2n) is 18.9. The minimum Gasteiger partial charge on any atom is -0.489 e. The molecular weight excluding hydrogens is 945 g/mol. The van der Waals surface area contributed by atoms with Crippen molar-refractivity contribution in [1.82, 2.24) is 0 Å². The number of hydrogen-bond donors (Lipinski definition) is 0. The first-order chi connectivity index (χ1) is 36.3. The number of benzene rings is 7. The summed E-state index contributed by atoms with van der Waals surface area (Å²) < 4.78 is 70.6. The van der Waals surface area contributed by atoms with Crippen molar-refractivity contribution in [3.8, 4) is 40.2 Å². The van der Waals surface area contributed by atoms with Gasteiger partial charge in [-0.3, -0.25) is 0 Å². The largest absolute Gasteiger partial charge is 0.489 e. The SMILES string of the molecule is CCCCCCCCCCCCCCCCS(=O)(=O)Oc1cc(COc2cc(COc3ccccc3)cc(COc3ccccc3)c2)cc(COc2cc(COc3ccccc3)cc(COc3ccccc3)c2)c1. The van der Waals surface area contributed by atoms with Crippen LogP contribution in [0.2, 0.25) is 0 Å². The highest BCUT2D eigenvalue weighted by atomic mass is 32.2. The van der Waals surface area contributed by atoms with E-state index < -0.39 is 10.1 Å². The third-order valence-electron chi connectivity index (χ3n) is 12.5. The molecule has 0 radical (unpaired) electrons. The van der Waals surface area contributed by atoms with E-state index in [0.29, 0.717) is 55.5 Å². The quantitative estimate of drug-likeness (QED) is 0.0284. The van der Waals surface area contributed by atoms with E-state index in [-0.39, 0.29) is 24.7 Å². The number of hydrogen-bond acceptors (Lipinski definition) is 9. The third-order valence-corrected chi connectivity index (χ3v) is 13.7. The molecule has 10 heteroatoms. The van der Waals surface area contributed by atoms with E-state index in [2.05, 4.69) is 6.92 Å². The molecule has 0 fully saturated rings. The summed E-state index contributed by atoms with van der Waals surface area (Å²) in [6.45, 7) is 3.79. The highest BCUT2D eigenvalue weighted by Gasteiger charge is 2.16. The zero-order valence-corrected chi connectivity index (χ0v) is 44.0. The van der Waals surface area contributed by atoms with Gasteiger partial charge in [-0.05, 0) is 143 Å². The second kappa shape index (κ2) is 31.0. The standard InChI is InChI=1S/C64H74O9S/c1-2-3-4-5-6-7-8-9-10-11-12-13-14-27-36-74(65,66)73-64-44-56(50-71-62-40-52(46-67-58-28-19-15-20-29-58)37-53(41-62)47-68-59-30-21-16-22-31-59)39-57(45-64)51-72-63-42-54(48-69-60-32-23-17-24-33-60)38-55(43-63)49-70-61-34-25-18-26-35-61/h15-26,28-35,37-45H,2-14,27,36,46-51H2,1H3. The molecule has 7 aromatic rings. The Labute approximate surface area is 440 Å². The van der Waals surface area contributed by atoms with Crippen molar-refractivity contribution < 1.29 is 41.0 Å². The predicted molar refractivity (Wildman–Crippen MR) is 296 cm³/mol. The monoisotopic (exact) mass is 1020 g/mol. The molecule has 0 N–H and O–H groups in total. The lowest BCUT2D eigenvalue weighted by molar-refractivity contribution is 0.285. The molecule has 0 aliphatic rings. The van der Waals surface area contributed by atoms with Gasteiger partial charge < -0.3 is 32.6 Å². The lowest BCUT2D eigenvalue weighted by Gasteiger charge is -2.16. The summed E-state index contributed by atoms with van der Waals surface area (Å²) >= 11 is 0. The summed E-state index contributed by atoms with van der Waals surface area (Å²) in [5.41, 5.74) is 5.05. The maximum atomic E-state index is 13.6. The van der Waals surface area contributed by atoms with E-state index in [4.69, 9.17) is 32.6 Å². The molecule has 0 atom stereocenters. The van der Waals surface area contributed by atoms with E-state index in [1.807, 2.05) is 164 Å². The van der Waals surface area contributed by atoms with Crippen LogP contribution in [0.3, 0.4) is 0 Å². The topological polar surface area (TPSA) is 98.8 Å². The molecule has 74 heavy (non-hydrogen) atoms. The Kier molecular flexibility index (Phi) is 23.0. The van der Waals surface area contributed by atoms with Gasteiger partial charge >= 0.3 is 10.1 Å². The van der Waals surface area contributed by atoms with Gasteiger partial charge in [0.2, 0.25) is 0 Å². The minimum absolute atomic E-state index is 0.0606. The highest BCUT2D eigenvalue weighted by Crippen LogP contribution is 2.28. The number of unbranched alkanes of at least 4 members (excludes halogenated alkanes) is 13. The Bertz CT molecular complexity index is 2490. The summed E-state index contributed by atoms with van der Waals surface area (Å²) in [6.07, 6.45) is 16.6. The zero-order valence-electron chi connectivity index (χ0n) is 43.2. The van der Waals surface area contributed by atoms with E-state index in [1.165, 1.54) is 64.2 Å². The molecule has 0 aliphatic heterocycles. The maximum absolute atomic E-state index is 13.6. The van der Waals surface area contributed by atoms with Crippen molar-refractivity contribution in [3.63, 3.8) is 0 Å². The van der Waals surface area contributed by atoms with Crippen molar-refractivity contribution in [1.29, 1.82) is 0 Å². The fourth-order valence-electron chi connectivity index (χ4n) is 8.63. The van der Waals surface area contributed by atoms with Gasteiger partial charge in [0.1, 0.15) is 79.9 Å². The summed E-state index contributed by atoms with van der Waals surface area (Å²) in [7, 11) is -3.90. The smallest absolute Gasteiger partial charge is 0.309 e. The molecule has 0 saturated carbocycles. The van der Waals surface area contributed by atoms with Crippen LogP contribution in [0.1, 0.15) is 130 Å². The number of ether oxygens (including phenoxy) is 6. The number of para-hydroxylation sites is 4. The molecule has 0 heterocycles. The zero-order chi connectivity index (χ0) is 51.3. The van der Waals surface area contributed by atoms with Crippen LogP contribution in [-0.4, -0.2) is 14.2 Å². The molecule has 0 spiro atoms. The molecule has 0 bridgehead atoms. The van der Waals surface area contributed by atoms with Gasteiger partial charge in [-0.1, -0.05) is 163 Å². The molecule has 0 saturated heterocycles. The van der Waals surface area contributed by atoms with Crippen molar-refractivity contribution in [2.24, 2.45) is 0 Å².